The minimum Gasteiger partial charge on any atom is -0.493 e. The van der Waals surface area contributed by atoms with E-state index in [4.69, 9.17) is 9.47 Å². The van der Waals surface area contributed by atoms with Crippen LogP contribution in [0.1, 0.15) is 11.1 Å². The Morgan fingerprint density at radius 2 is 1.71 bits per heavy atom. The van der Waals surface area contributed by atoms with Crippen molar-refractivity contribution in [2.45, 2.75) is 12.7 Å². The van der Waals surface area contributed by atoms with Gasteiger partial charge in [0.15, 0.2) is 22.7 Å². The van der Waals surface area contributed by atoms with Crippen molar-refractivity contribution < 1.29 is 22.6 Å². The van der Waals surface area contributed by atoms with Gasteiger partial charge in [-0.05, 0) is 29.8 Å². The van der Waals surface area contributed by atoms with Crippen LogP contribution in [0.15, 0.2) is 53.6 Å². The fraction of sp³-hybridized carbons (Fsp3) is 0.200. The fourth-order valence-corrected chi connectivity index (χ4v) is 3.08. The molecule has 11 heteroatoms. The maximum atomic E-state index is 12.8. The minimum atomic E-state index is -4.42. The lowest BCUT2D eigenvalue weighted by Crippen LogP contribution is -2.21. The van der Waals surface area contributed by atoms with Gasteiger partial charge in [-0.25, -0.2) is 4.98 Å². The molecule has 0 amide bonds. The van der Waals surface area contributed by atoms with Crippen LogP contribution in [0.25, 0.3) is 16.9 Å². The normalized spacial score (nSPS) is 11.6. The molecule has 0 radical (unpaired) electrons. The van der Waals surface area contributed by atoms with E-state index in [1.165, 1.54) is 41.9 Å². The first kappa shape index (κ1) is 20.4. The smallest absolute Gasteiger partial charge is 0.416 e. The van der Waals surface area contributed by atoms with Crippen LogP contribution in [-0.4, -0.2) is 38.8 Å². The lowest BCUT2D eigenvalue weighted by Gasteiger charge is -2.10. The Bertz CT molecular complexity index is 1300. The van der Waals surface area contributed by atoms with E-state index >= 15 is 0 Å². The van der Waals surface area contributed by atoms with Crippen LogP contribution < -0.4 is 15.0 Å². The van der Waals surface area contributed by atoms with E-state index in [1.807, 2.05) is 0 Å². The molecular weight excluding hydrogens is 415 g/mol. The summed E-state index contributed by atoms with van der Waals surface area (Å²) in [5.41, 5.74) is 0.132. The Hall–Kier alpha value is -3.89. The van der Waals surface area contributed by atoms with Gasteiger partial charge in [-0.15, -0.1) is 5.10 Å². The van der Waals surface area contributed by atoms with Crippen LogP contribution in [0.3, 0.4) is 0 Å². The van der Waals surface area contributed by atoms with Gasteiger partial charge in [0.2, 0.25) is 0 Å². The van der Waals surface area contributed by atoms with Crippen molar-refractivity contribution in [2.75, 3.05) is 14.2 Å². The largest absolute Gasteiger partial charge is 0.493 e. The van der Waals surface area contributed by atoms with Gasteiger partial charge in [-0.3, -0.25) is 9.36 Å². The van der Waals surface area contributed by atoms with Crippen LogP contribution >= 0.6 is 0 Å². The third kappa shape index (κ3) is 3.81. The van der Waals surface area contributed by atoms with Crippen molar-refractivity contribution in [2.24, 2.45) is 0 Å². The Kier molecular flexibility index (Phi) is 5.09. The molecule has 2 heterocycles. The van der Waals surface area contributed by atoms with E-state index in [0.29, 0.717) is 22.7 Å². The van der Waals surface area contributed by atoms with Gasteiger partial charge >= 0.3 is 6.18 Å². The van der Waals surface area contributed by atoms with Gasteiger partial charge in [-0.2, -0.15) is 17.9 Å². The van der Waals surface area contributed by atoms with E-state index in [0.717, 1.165) is 12.1 Å². The van der Waals surface area contributed by atoms with Gasteiger partial charge in [0.1, 0.15) is 6.33 Å². The summed E-state index contributed by atoms with van der Waals surface area (Å²) in [6.45, 7) is 0.0448. The molecule has 8 nitrogen and oxygen atoms in total. The topological polar surface area (TPSA) is 84.1 Å². The minimum absolute atomic E-state index is 0.0317. The fourth-order valence-electron chi connectivity index (χ4n) is 3.08. The zero-order chi connectivity index (χ0) is 22.2. The summed E-state index contributed by atoms with van der Waals surface area (Å²) in [6.07, 6.45) is -3.11. The molecule has 0 aliphatic heterocycles. The highest BCUT2D eigenvalue weighted by atomic mass is 19.4. The van der Waals surface area contributed by atoms with Crippen LogP contribution in [0.2, 0.25) is 0 Å². The molecule has 0 saturated heterocycles. The third-order valence-corrected chi connectivity index (χ3v) is 4.68. The summed E-state index contributed by atoms with van der Waals surface area (Å²) in [7, 11) is 3.02. The van der Waals surface area contributed by atoms with E-state index in [-0.39, 0.29) is 17.7 Å². The predicted molar refractivity (Wildman–Crippen MR) is 105 cm³/mol. The van der Waals surface area contributed by atoms with E-state index in [9.17, 15) is 18.0 Å². The molecular formula is C20H16F3N5O3. The molecule has 0 aliphatic rings. The number of benzene rings is 2. The number of fused-ring (bicyclic) bond motifs is 1. The number of ether oxygens (including phenoxy) is 2. The lowest BCUT2D eigenvalue weighted by molar-refractivity contribution is -0.137. The molecule has 31 heavy (non-hydrogen) atoms. The number of hydrogen-bond donors (Lipinski definition) is 0. The Labute approximate surface area is 173 Å². The van der Waals surface area contributed by atoms with Crippen molar-refractivity contribution in [1.82, 2.24) is 24.5 Å². The first-order chi connectivity index (χ1) is 14.8. The molecule has 0 saturated carbocycles. The summed E-state index contributed by atoms with van der Waals surface area (Å²) in [5, 5.41) is 7.95. The number of nitrogens with zero attached hydrogens (tertiary/aromatic N) is 5. The number of methoxy groups -OCH3 is 2. The van der Waals surface area contributed by atoms with Gasteiger partial charge in [-0.1, -0.05) is 17.3 Å². The monoisotopic (exact) mass is 431 g/mol. The van der Waals surface area contributed by atoms with Crippen LogP contribution in [0.4, 0.5) is 13.2 Å². The second-order valence-corrected chi connectivity index (χ2v) is 6.59. The molecule has 0 fully saturated rings. The zero-order valence-electron chi connectivity index (χ0n) is 16.4. The maximum Gasteiger partial charge on any atom is 0.416 e. The first-order valence-electron chi connectivity index (χ1n) is 9.01. The highest BCUT2D eigenvalue weighted by Crippen LogP contribution is 2.30. The van der Waals surface area contributed by atoms with Crippen molar-refractivity contribution in [3.63, 3.8) is 0 Å². The molecule has 160 valence electrons. The molecule has 4 rings (SSSR count). The lowest BCUT2D eigenvalue weighted by atomic mass is 10.1. The average Bonchev–Trinajstić information content (AvgIpc) is 3.20. The van der Waals surface area contributed by atoms with Crippen LogP contribution in [-0.2, 0) is 12.7 Å². The maximum absolute atomic E-state index is 12.8. The van der Waals surface area contributed by atoms with Crippen molar-refractivity contribution in [3.8, 4) is 17.2 Å². The number of halogens is 3. The summed E-state index contributed by atoms with van der Waals surface area (Å²) >= 11 is 0. The van der Waals surface area contributed by atoms with E-state index in [2.05, 4.69) is 15.3 Å². The van der Waals surface area contributed by atoms with Crippen molar-refractivity contribution in [3.05, 3.63) is 70.3 Å². The molecule has 2 aromatic heterocycles. The number of aromatic nitrogens is 5. The molecule has 4 aromatic rings. The Morgan fingerprint density at radius 1 is 1.00 bits per heavy atom. The second kappa shape index (κ2) is 7.74. The van der Waals surface area contributed by atoms with Crippen molar-refractivity contribution >= 4 is 11.2 Å². The summed E-state index contributed by atoms with van der Waals surface area (Å²) in [4.78, 5) is 17.1. The summed E-state index contributed by atoms with van der Waals surface area (Å²) in [6, 6.07) is 9.65. The molecule has 2 aromatic carbocycles. The second-order valence-electron chi connectivity index (χ2n) is 6.59. The predicted octanol–water partition coefficient (Wildman–Crippen LogP) is 3.06. The molecule has 0 atom stereocenters. The standard InChI is InChI=1S/C20H16F3N5O3/c1-30-15-8-7-14(9-16(15)31-2)28-18-17(25-26-28)19(29)27(11-24-18)10-12-3-5-13(6-4-12)20(21,22)23/h3-9,11H,10H2,1-2H3. The van der Waals surface area contributed by atoms with Crippen molar-refractivity contribution in [1.29, 1.82) is 0 Å². The molecule has 0 N–H and O–H groups in total. The Morgan fingerprint density at radius 3 is 2.35 bits per heavy atom. The van der Waals surface area contributed by atoms with Crippen LogP contribution in [0.5, 0.6) is 11.5 Å². The van der Waals surface area contributed by atoms with Crippen LogP contribution in [0, 0.1) is 0 Å². The molecule has 0 unspecified atom stereocenters. The summed E-state index contributed by atoms with van der Waals surface area (Å²) in [5.74, 6) is 1.00. The molecule has 0 aliphatic carbocycles. The first-order valence-corrected chi connectivity index (χ1v) is 9.01. The van der Waals surface area contributed by atoms with Gasteiger partial charge < -0.3 is 9.47 Å². The quantitative estimate of drug-likeness (QED) is 0.483. The molecule has 0 bridgehead atoms. The van der Waals surface area contributed by atoms with Gasteiger partial charge in [0.05, 0.1) is 32.0 Å². The number of alkyl halides is 3. The van der Waals surface area contributed by atoms with Gasteiger partial charge in [0.25, 0.3) is 5.56 Å². The number of hydrogen-bond acceptors (Lipinski definition) is 6. The average molecular weight is 431 g/mol. The highest BCUT2D eigenvalue weighted by Gasteiger charge is 2.29. The SMILES string of the molecule is COc1ccc(-n2nnc3c(=O)n(Cc4ccc(C(F)(F)F)cc4)cnc32)cc1OC. The zero-order valence-corrected chi connectivity index (χ0v) is 16.4. The third-order valence-electron chi connectivity index (χ3n) is 4.68. The highest BCUT2D eigenvalue weighted by molar-refractivity contribution is 5.70. The molecule has 0 spiro atoms. The van der Waals surface area contributed by atoms with Gasteiger partial charge in [0, 0.05) is 6.07 Å². The Balaban J connectivity index is 1.68. The number of rotatable bonds is 5. The van der Waals surface area contributed by atoms with E-state index in [1.54, 1.807) is 18.2 Å². The summed E-state index contributed by atoms with van der Waals surface area (Å²) < 4.78 is 51.3. The van der Waals surface area contributed by atoms with E-state index < -0.39 is 17.3 Å².